The van der Waals surface area contributed by atoms with Crippen LogP contribution in [0.25, 0.3) is 9.69 Å². The number of aliphatic hydroxyl groups excluding tert-OH is 1. The highest BCUT2D eigenvalue weighted by Gasteiger charge is 2.56. The Morgan fingerprint density at radius 1 is 0.974 bits per heavy atom. The van der Waals surface area contributed by atoms with Gasteiger partial charge in [-0.1, -0.05) is 71.7 Å². The monoisotopic (exact) mass is 584 g/mol. The third kappa shape index (κ3) is 7.45. The van der Waals surface area contributed by atoms with Crippen molar-refractivity contribution in [2.75, 3.05) is 13.2 Å². The van der Waals surface area contributed by atoms with Crippen LogP contribution >= 0.6 is 23.2 Å². The zero-order valence-corrected chi connectivity index (χ0v) is 27.5. The van der Waals surface area contributed by atoms with Crippen LogP contribution in [-0.4, -0.2) is 49.9 Å². The second kappa shape index (κ2) is 14.7. The molecule has 1 N–H and O–H groups in total. The lowest BCUT2D eigenvalue weighted by Crippen LogP contribution is -2.44. The lowest BCUT2D eigenvalue weighted by molar-refractivity contribution is 0.198. The number of hydrogen-bond acceptors (Lipinski definition) is 3. The summed E-state index contributed by atoms with van der Waals surface area (Å²) in [7, 11) is -1.85. The van der Waals surface area contributed by atoms with Gasteiger partial charge in [0.25, 0.3) is 11.1 Å². The van der Waals surface area contributed by atoms with Gasteiger partial charge < -0.3 is 24.0 Å². The van der Waals surface area contributed by atoms with E-state index in [0.29, 0.717) is 24.3 Å². The maximum Gasteiger partial charge on any atom is 0.259 e. The molecule has 1 heterocycles. The smallest absolute Gasteiger partial charge is 0.259 e. The van der Waals surface area contributed by atoms with Crippen molar-refractivity contribution in [2.45, 2.75) is 128 Å². The second-order valence-electron chi connectivity index (χ2n) is 12.4. The molecule has 38 heavy (non-hydrogen) atoms. The molecule has 0 unspecified atom stereocenters. The number of halogens is 2. The topological polar surface area (TPSA) is 47.4 Å². The fourth-order valence-electron chi connectivity index (χ4n) is 5.54. The Hall–Kier alpha value is -0.863. The van der Waals surface area contributed by atoms with Crippen LogP contribution in [0.3, 0.4) is 0 Å². The summed E-state index contributed by atoms with van der Waals surface area (Å²) in [6.07, 6.45) is 5.11. The Morgan fingerprint density at radius 3 is 1.74 bits per heavy atom. The molecule has 5 nitrogen and oxygen atoms in total. The summed E-state index contributed by atoms with van der Waals surface area (Å²) in [6, 6.07) is 0. The molecule has 0 radical (unpaired) electrons. The van der Waals surface area contributed by atoms with E-state index < -0.39 is 25.5 Å². The fraction of sp³-hybridized carbons (Fsp3) is 0.800. The van der Waals surface area contributed by atoms with Crippen LogP contribution < -0.4 is 0 Å². The van der Waals surface area contributed by atoms with Crippen molar-refractivity contribution in [1.29, 1.82) is 0 Å². The normalized spacial score (nSPS) is 35.2. The van der Waals surface area contributed by atoms with Crippen molar-refractivity contribution in [2.24, 2.45) is 11.8 Å². The van der Waals surface area contributed by atoms with E-state index in [1.807, 2.05) is 13.8 Å². The number of aliphatic hydroxyl groups is 1. The summed E-state index contributed by atoms with van der Waals surface area (Å²) in [5.74, 6) is 0.486. The molecule has 0 aromatic carbocycles. The molecular formula is C30H50Cl2N2O3Si. The van der Waals surface area contributed by atoms with Crippen molar-refractivity contribution < 1.29 is 14.3 Å². The molecule has 216 valence electrons. The van der Waals surface area contributed by atoms with Gasteiger partial charge in [-0.2, -0.15) is 0 Å². The molecule has 8 heteroatoms. The molecule has 3 aliphatic rings. The highest BCUT2D eigenvalue weighted by atomic mass is 35.5. The highest BCUT2D eigenvalue weighted by Crippen LogP contribution is 2.50. The molecule has 0 aromatic heterocycles. The maximum absolute atomic E-state index is 9.66. The van der Waals surface area contributed by atoms with Gasteiger partial charge in [-0.15, -0.1) is 0 Å². The van der Waals surface area contributed by atoms with Crippen LogP contribution in [0.15, 0.2) is 22.2 Å². The Labute approximate surface area is 243 Å². The Kier molecular flexibility index (Phi) is 13.6. The van der Waals surface area contributed by atoms with Crippen LogP contribution in [0.1, 0.15) is 87.0 Å². The van der Waals surface area contributed by atoms with Crippen LogP contribution in [-0.2, 0) is 9.16 Å². The minimum Gasteiger partial charge on any atom is -0.410 e. The summed E-state index contributed by atoms with van der Waals surface area (Å²) in [5, 5.41) is 9.83. The largest absolute Gasteiger partial charge is 0.410 e. The first kappa shape index (κ1) is 35.2. The van der Waals surface area contributed by atoms with Gasteiger partial charge >= 0.3 is 0 Å². The molecule has 3 fully saturated rings. The Bertz CT molecular complexity index is 906. The van der Waals surface area contributed by atoms with Gasteiger partial charge in [0, 0.05) is 49.0 Å². The van der Waals surface area contributed by atoms with Crippen molar-refractivity contribution in [3.05, 3.63) is 45.1 Å². The summed E-state index contributed by atoms with van der Waals surface area (Å²) < 4.78 is 11.5. The standard InChI is InChI=1S/C16H28ClNOSi.C10H14ClNO.C4H8O/c1-9-16(18-6)12(2)10-14(13(16)11-17)19-20(7,8)15(3,4)5;1-4-10(12-3)7(2)5-9(13)8(10)6-11;1-2-4-5-3-1/h11-12,14H,9-10H2,1-5,7-8H3;6-7,9,13H,4-5H2,1-2H3;1-4H2/b13-11-;8-6-;/t12-,14+,16-;7-,9+,10-;/m00./s1. The Morgan fingerprint density at radius 2 is 1.42 bits per heavy atom. The number of hydrogen-bond donors (Lipinski definition) is 1. The number of nitrogens with zero attached hydrogens (tertiary/aromatic N) is 2. The molecule has 0 amide bonds. The zero-order chi connectivity index (χ0) is 29.4. The van der Waals surface area contributed by atoms with Gasteiger partial charge in [0.1, 0.15) is 0 Å². The van der Waals surface area contributed by atoms with E-state index >= 15 is 0 Å². The van der Waals surface area contributed by atoms with Crippen LogP contribution in [0.2, 0.25) is 18.1 Å². The molecule has 1 aliphatic heterocycles. The Balaban J connectivity index is 0.000000339. The first-order chi connectivity index (χ1) is 17.7. The van der Waals surface area contributed by atoms with Crippen LogP contribution in [0.5, 0.6) is 0 Å². The van der Waals surface area contributed by atoms with Crippen molar-refractivity contribution >= 4 is 31.5 Å². The first-order valence-electron chi connectivity index (χ1n) is 14.0. The minimum atomic E-state index is -1.85. The van der Waals surface area contributed by atoms with E-state index in [1.54, 1.807) is 5.54 Å². The predicted octanol–water partition coefficient (Wildman–Crippen LogP) is 8.98. The van der Waals surface area contributed by atoms with Gasteiger partial charge in [-0.3, -0.25) is 0 Å². The maximum atomic E-state index is 9.66. The SMILES string of the molecule is C1CCOC1.[C-]#[N+][C@]1(CC)/C(=C\Cl)[C@H](O)C[C@@H]1C.[C-]#[N+][C@]1(CC)/C(=C\Cl)[C@H](O[Si](C)(C)C(C)(C)C)C[C@@H]1C. The van der Waals surface area contributed by atoms with Gasteiger partial charge in [0.15, 0.2) is 8.32 Å². The predicted molar refractivity (Wildman–Crippen MR) is 163 cm³/mol. The molecule has 0 spiro atoms. The zero-order valence-electron chi connectivity index (χ0n) is 25.0. The number of ether oxygens (including phenoxy) is 1. The first-order valence-corrected chi connectivity index (χ1v) is 17.8. The number of rotatable bonds is 4. The van der Waals surface area contributed by atoms with Gasteiger partial charge in [0.05, 0.1) is 23.4 Å². The van der Waals surface area contributed by atoms with E-state index in [1.165, 1.54) is 18.4 Å². The van der Waals surface area contributed by atoms with Crippen LogP contribution in [0, 0.1) is 25.0 Å². The van der Waals surface area contributed by atoms with Crippen molar-refractivity contribution in [3.8, 4) is 0 Å². The van der Waals surface area contributed by atoms with E-state index in [0.717, 1.165) is 31.6 Å². The van der Waals surface area contributed by atoms with Gasteiger partial charge in [-0.05, 0) is 43.8 Å². The molecular weight excluding hydrogens is 535 g/mol. The van der Waals surface area contributed by atoms with Gasteiger partial charge in [-0.25, -0.2) is 13.1 Å². The fourth-order valence-corrected chi connectivity index (χ4v) is 7.49. The lowest BCUT2D eigenvalue weighted by Gasteiger charge is -2.38. The van der Waals surface area contributed by atoms with Crippen LogP contribution in [0.4, 0.5) is 0 Å². The molecule has 2 saturated carbocycles. The summed E-state index contributed by atoms with van der Waals surface area (Å²) >= 11 is 11.7. The summed E-state index contributed by atoms with van der Waals surface area (Å²) in [4.78, 5) is 7.60. The lowest BCUT2D eigenvalue weighted by atomic mass is 9.84. The van der Waals surface area contributed by atoms with E-state index in [2.05, 4.69) is 57.4 Å². The molecule has 3 rings (SSSR count). The average Bonchev–Trinajstić information content (AvgIpc) is 3.57. The van der Waals surface area contributed by atoms with E-state index in [4.69, 9.17) is 45.5 Å². The molecule has 0 aromatic rings. The average molecular weight is 586 g/mol. The molecule has 6 atom stereocenters. The highest BCUT2D eigenvalue weighted by molar-refractivity contribution is 6.74. The van der Waals surface area contributed by atoms with E-state index in [9.17, 15) is 5.11 Å². The molecule has 1 saturated heterocycles. The molecule has 0 bridgehead atoms. The quantitative estimate of drug-likeness (QED) is 0.265. The van der Waals surface area contributed by atoms with Crippen molar-refractivity contribution in [1.82, 2.24) is 0 Å². The summed E-state index contributed by atoms with van der Waals surface area (Å²) in [6.45, 7) is 36.3. The summed E-state index contributed by atoms with van der Waals surface area (Å²) in [5.41, 5.74) is 3.67. The van der Waals surface area contributed by atoms with E-state index in [-0.39, 0.29) is 17.1 Å². The van der Waals surface area contributed by atoms with Crippen molar-refractivity contribution in [3.63, 3.8) is 0 Å². The third-order valence-corrected chi connectivity index (χ3v) is 14.2. The minimum absolute atomic E-state index is 0.0115. The molecule has 2 aliphatic carbocycles. The third-order valence-electron chi connectivity index (χ3n) is 9.26. The van der Waals surface area contributed by atoms with Gasteiger partial charge in [0.2, 0.25) is 0 Å². The second-order valence-corrected chi connectivity index (χ2v) is 17.6.